The van der Waals surface area contributed by atoms with E-state index < -0.39 is 0 Å². The van der Waals surface area contributed by atoms with Crippen molar-refractivity contribution in [1.82, 2.24) is 5.32 Å². The summed E-state index contributed by atoms with van der Waals surface area (Å²) in [4.78, 5) is 0. The van der Waals surface area contributed by atoms with Crippen molar-refractivity contribution >= 4 is 15.9 Å². The van der Waals surface area contributed by atoms with Crippen LogP contribution in [0.2, 0.25) is 0 Å². The first-order valence-electron chi connectivity index (χ1n) is 6.04. The first-order valence-corrected chi connectivity index (χ1v) is 6.83. The number of hydrogen-bond donors (Lipinski definition) is 1. The Bertz CT molecular complexity index is 430. The number of fused-ring (bicyclic) bond motifs is 1. The van der Waals surface area contributed by atoms with E-state index in [2.05, 4.69) is 34.2 Å². The van der Waals surface area contributed by atoms with Crippen LogP contribution in [0.5, 0.6) is 11.5 Å². The van der Waals surface area contributed by atoms with Gasteiger partial charge in [-0.2, -0.15) is 0 Å². The fraction of sp³-hybridized carbons (Fsp3) is 0.538. The molecule has 2 aliphatic rings. The van der Waals surface area contributed by atoms with Crippen LogP contribution in [0.4, 0.5) is 0 Å². The van der Waals surface area contributed by atoms with E-state index in [1.165, 1.54) is 18.4 Å². The standard InChI is InChI=1S/C13H16BrNO2/c1-8-2-10(3-8)15-6-9-4-12-13(5-11(9)14)17-7-16-12/h4-5,8,10,15H,2-3,6-7H2,1H3. The molecule has 92 valence electrons. The smallest absolute Gasteiger partial charge is 0.231 e. The van der Waals surface area contributed by atoms with Crippen LogP contribution in [-0.2, 0) is 6.54 Å². The molecular formula is C13H16BrNO2. The van der Waals surface area contributed by atoms with Crippen LogP contribution in [-0.4, -0.2) is 12.8 Å². The van der Waals surface area contributed by atoms with E-state index in [0.29, 0.717) is 12.8 Å². The van der Waals surface area contributed by atoms with Gasteiger partial charge in [0.15, 0.2) is 11.5 Å². The molecule has 1 N–H and O–H groups in total. The van der Waals surface area contributed by atoms with Gasteiger partial charge in [-0.15, -0.1) is 0 Å². The molecule has 17 heavy (non-hydrogen) atoms. The zero-order valence-electron chi connectivity index (χ0n) is 9.83. The minimum atomic E-state index is 0.332. The Labute approximate surface area is 110 Å². The molecule has 3 rings (SSSR count). The third-order valence-electron chi connectivity index (χ3n) is 3.50. The summed E-state index contributed by atoms with van der Waals surface area (Å²) >= 11 is 3.58. The normalized spacial score (nSPS) is 25.8. The molecule has 0 amide bonds. The van der Waals surface area contributed by atoms with Crippen LogP contribution in [0.3, 0.4) is 0 Å². The Morgan fingerprint density at radius 3 is 2.71 bits per heavy atom. The lowest BCUT2D eigenvalue weighted by Crippen LogP contribution is -2.39. The zero-order valence-corrected chi connectivity index (χ0v) is 11.4. The number of rotatable bonds is 3. The molecule has 1 aromatic rings. The Morgan fingerprint density at radius 1 is 1.29 bits per heavy atom. The van der Waals surface area contributed by atoms with Crippen molar-refractivity contribution in [2.24, 2.45) is 5.92 Å². The highest BCUT2D eigenvalue weighted by Gasteiger charge is 2.25. The van der Waals surface area contributed by atoms with E-state index in [4.69, 9.17) is 9.47 Å². The molecule has 1 aliphatic heterocycles. The fourth-order valence-corrected chi connectivity index (χ4v) is 2.88. The van der Waals surface area contributed by atoms with Crippen LogP contribution in [0.1, 0.15) is 25.3 Å². The second-order valence-corrected chi connectivity index (χ2v) is 5.81. The molecule has 0 bridgehead atoms. The molecule has 1 saturated carbocycles. The summed E-state index contributed by atoms with van der Waals surface area (Å²) in [5, 5.41) is 3.57. The van der Waals surface area contributed by atoms with Gasteiger partial charge in [-0.05, 0) is 36.5 Å². The van der Waals surface area contributed by atoms with Crippen LogP contribution >= 0.6 is 15.9 Å². The number of benzene rings is 1. The molecule has 0 aromatic heterocycles. The van der Waals surface area contributed by atoms with Gasteiger partial charge in [0.2, 0.25) is 6.79 Å². The Morgan fingerprint density at radius 2 is 2.00 bits per heavy atom. The van der Waals surface area contributed by atoms with Gasteiger partial charge in [-0.3, -0.25) is 0 Å². The Balaban J connectivity index is 1.66. The minimum Gasteiger partial charge on any atom is -0.454 e. The first-order chi connectivity index (χ1) is 8.22. The number of hydrogen-bond acceptors (Lipinski definition) is 3. The SMILES string of the molecule is CC1CC(NCc2cc3c(cc2Br)OCO3)C1. The summed E-state index contributed by atoms with van der Waals surface area (Å²) in [6.45, 7) is 3.52. The van der Waals surface area contributed by atoms with E-state index in [1.54, 1.807) is 0 Å². The largest absolute Gasteiger partial charge is 0.454 e. The quantitative estimate of drug-likeness (QED) is 0.930. The minimum absolute atomic E-state index is 0.332. The van der Waals surface area contributed by atoms with Gasteiger partial charge in [-0.25, -0.2) is 0 Å². The van der Waals surface area contributed by atoms with Gasteiger partial charge >= 0.3 is 0 Å². The molecule has 0 spiro atoms. The molecule has 1 aromatic carbocycles. The van der Waals surface area contributed by atoms with Crippen molar-refractivity contribution in [3.05, 3.63) is 22.2 Å². The fourth-order valence-electron chi connectivity index (χ4n) is 2.42. The summed E-state index contributed by atoms with van der Waals surface area (Å²) in [6, 6.07) is 4.73. The lowest BCUT2D eigenvalue weighted by atomic mass is 9.82. The third kappa shape index (κ3) is 2.29. The molecule has 1 heterocycles. The summed E-state index contributed by atoms with van der Waals surface area (Å²) in [5.41, 5.74) is 1.23. The monoisotopic (exact) mass is 297 g/mol. The van der Waals surface area contributed by atoms with Gasteiger partial charge in [0, 0.05) is 17.1 Å². The average Bonchev–Trinajstić information content (AvgIpc) is 2.69. The predicted molar refractivity (Wildman–Crippen MR) is 69.3 cm³/mol. The lowest BCUT2D eigenvalue weighted by molar-refractivity contribution is 0.174. The molecule has 3 nitrogen and oxygen atoms in total. The van der Waals surface area contributed by atoms with E-state index in [9.17, 15) is 0 Å². The maximum absolute atomic E-state index is 5.39. The summed E-state index contributed by atoms with van der Waals surface area (Å²) in [5.74, 6) is 2.57. The van der Waals surface area contributed by atoms with Gasteiger partial charge in [-0.1, -0.05) is 22.9 Å². The van der Waals surface area contributed by atoms with Crippen molar-refractivity contribution in [2.75, 3.05) is 6.79 Å². The van der Waals surface area contributed by atoms with E-state index in [0.717, 1.165) is 28.4 Å². The molecular weight excluding hydrogens is 282 g/mol. The Hall–Kier alpha value is -0.740. The van der Waals surface area contributed by atoms with E-state index in [1.807, 2.05) is 6.07 Å². The zero-order chi connectivity index (χ0) is 11.8. The first kappa shape index (κ1) is 11.4. The molecule has 0 unspecified atom stereocenters. The van der Waals surface area contributed by atoms with Crippen molar-refractivity contribution in [3.63, 3.8) is 0 Å². The van der Waals surface area contributed by atoms with Crippen molar-refractivity contribution in [2.45, 2.75) is 32.4 Å². The second-order valence-electron chi connectivity index (χ2n) is 4.95. The highest BCUT2D eigenvalue weighted by Crippen LogP contribution is 2.37. The van der Waals surface area contributed by atoms with E-state index >= 15 is 0 Å². The van der Waals surface area contributed by atoms with Crippen molar-refractivity contribution in [3.8, 4) is 11.5 Å². The van der Waals surface area contributed by atoms with Gasteiger partial charge < -0.3 is 14.8 Å². The Kier molecular flexibility index (Phi) is 3.01. The molecule has 0 radical (unpaired) electrons. The maximum atomic E-state index is 5.39. The number of ether oxygens (including phenoxy) is 2. The van der Waals surface area contributed by atoms with Gasteiger partial charge in [0.1, 0.15) is 0 Å². The van der Waals surface area contributed by atoms with Gasteiger partial charge in [0.25, 0.3) is 0 Å². The molecule has 1 aliphatic carbocycles. The topological polar surface area (TPSA) is 30.5 Å². The molecule has 4 heteroatoms. The summed E-state index contributed by atoms with van der Waals surface area (Å²) < 4.78 is 11.8. The van der Waals surface area contributed by atoms with Crippen LogP contribution in [0.25, 0.3) is 0 Å². The number of halogens is 1. The average molecular weight is 298 g/mol. The lowest BCUT2D eigenvalue weighted by Gasteiger charge is -2.33. The summed E-state index contributed by atoms with van der Waals surface area (Å²) in [6.07, 6.45) is 2.59. The highest BCUT2D eigenvalue weighted by molar-refractivity contribution is 9.10. The van der Waals surface area contributed by atoms with Crippen LogP contribution in [0.15, 0.2) is 16.6 Å². The van der Waals surface area contributed by atoms with Gasteiger partial charge in [0.05, 0.1) is 0 Å². The third-order valence-corrected chi connectivity index (χ3v) is 4.23. The van der Waals surface area contributed by atoms with Crippen molar-refractivity contribution in [1.29, 1.82) is 0 Å². The second kappa shape index (κ2) is 4.50. The van der Waals surface area contributed by atoms with Crippen LogP contribution < -0.4 is 14.8 Å². The highest BCUT2D eigenvalue weighted by atomic mass is 79.9. The van der Waals surface area contributed by atoms with Crippen molar-refractivity contribution < 1.29 is 9.47 Å². The molecule has 0 saturated heterocycles. The molecule has 0 atom stereocenters. The molecule has 1 fully saturated rings. The maximum Gasteiger partial charge on any atom is 0.231 e. The van der Waals surface area contributed by atoms with E-state index in [-0.39, 0.29) is 0 Å². The van der Waals surface area contributed by atoms with Crippen LogP contribution in [0, 0.1) is 5.92 Å². The number of nitrogens with one attached hydrogen (secondary N) is 1. The summed E-state index contributed by atoms with van der Waals surface area (Å²) in [7, 11) is 0. The predicted octanol–water partition coefficient (Wildman–Crippen LogP) is 3.07.